The molecule has 2 unspecified atom stereocenters. The van der Waals surface area contributed by atoms with E-state index in [-0.39, 0.29) is 12.1 Å². The van der Waals surface area contributed by atoms with Crippen molar-refractivity contribution >= 4 is 17.3 Å². The van der Waals surface area contributed by atoms with Crippen LogP contribution in [0.5, 0.6) is 0 Å². The highest BCUT2D eigenvalue weighted by Crippen LogP contribution is 2.40. The molecule has 0 spiro atoms. The Morgan fingerprint density at radius 2 is 1.77 bits per heavy atom. The van der Waals surface area contributed by atoms with Crippen molar-refractivity contribution in [2.24, 2.45) is 0 Å². The lowest BCUT2D eigenvalue weighted by Gasteiger charge is -2.29. The third-order valence-electron chi connectivity index (χ3n) is 5.59. The minimum Gasteiger partial charge on any atom is -0.352 e. The first-order valence-electron chi connectivity index (χ1n) is 10.2. The number of nitrogens with one attached hydrogen (secondary N) is 1. The molecule has 4 aromatic rings. The molecule has 0 aliphatic carbocycles. The Kier molecular flexibility index (Phi) is 5.18. The van der Waals surface area contributed by atoms with Crippen molar-refractivity contribution in [3.05, 3.63) is 108 Å². The molecule has 5 heterocycles. The fourth-order valence-corrected chi connectivity index (χ4v) is 4.52. The smallest absolute Gasteiger partial charge is 0.170 e. The summed E-state index contributed by atoms with van der Waals surface area (Å²) in [5, 5.41) is 4.23. The van der Waals surface area contributed by atoms with Gasteiger partial charge in [-0.3, -0.25) is 15.0 Å². The standard InChI is InChI=1S/C24H22N6S/c1-17-9-10-21(30(17)19-7-5-12-26-15-19)23-22(20-8-2-3-13-27-20)28-24(31)29(23)16-18-6-4-11-25-14-18/h2-15,22-23H,16H2,1H3,(H,28,31). The number of aromatic nitrogens is 4. The largest absolute Gasteiger partial charge is 0.352 e. The number of hydrogen-bond donors (Lipinski definition) is 1. The third-order valence-corrected chi connectivity index (χ3v) is 5.94. The van der Waals surface area contributed by atoms with Crippen LogP contribution in [0.3, 0.4) is 0 Å². The minimum atomic E-state index is -0.0740. The highest BCUT2D eigenvalue weighted by Gasteiger charge is 2.41. The van der Waals surface area contributed by atoms with Crippen molar-refractivity contribution in [3.8, 4) is 5.69 Å². The van der Waals surface area contributed by atoms with Gasteiger partial charge in [0, 0.05) is 42.7 Å². The molecule has 0 radical (unpaired) electrons. The van der Waals surface area contributed by atoms with E-state index in [1.807, 2.05) is 48.9 Å². The maximum Gasteiger partial charge on any atom is 0.170 e. The Labute approximate surface area is 186 Å². The van der Waals surface area contributed by atoms with Gasteiger partial charge in [0.1, 0.15) is 0 Å². The fraction of sp³-hybridized carbons (Fsp3) is 0.167. The number of hydrogen-bond acceptors (Lipinski definition) is 4. The van der Waals surface area contributed by atoms with E-state index >= 15 is 0 Å². The van der Waals surface area contributed by atoms with Crippen LogP contribution < -0.4 is 5.32 Å². The topological polar surface area (TPSA) is 58.9 Å². The van der Waals surface area contributed by atoms with Crippen LogP contribution in [0.1, 0.15) is 34.7 Å². The van der Waals surface area contributed by atoms with Crippen molar-refractivity contribution in [2.45, 2.75) is 25.6 Å². The van der Waals surface area contributed by atoms with Crippen LogP contribution in [0.2, 0.25) is 0 Å². The second-order valence-electron chi connectivity index (χ2n) is 7.56. The molecule has 5 rings (SSSR count). The molecule has 154 valence electrons. The van der Waals surface area contributed by atoms with Crippen LogP contribution in [0.15, 0.2) is 85.6 Å². The van der Waals surface area contributed by atoms with Crippen molar-refractivity contribution in [2.75, 3.05) is 0 Å². The number of aryl methyl sites for hydroxylation is 1. The van der Waals surface area contributed by atoms with Gasteiger partial charge in [-0.25, -0.2) is 0 Å². The van der Waals surface area contributed by atoms with Gasteiger partial charge in [-0.2, -0.15) is 0 Å². The van der Waals surface area contributed by atoms with Crippen LogP contribution in [0.25, 0.3) is 5.69 Å². The predicted molar refractivity (Wildman–Crippen MR) is 124 cm³/mol. The Morgan fingerprint density at radius 3 is 2.48 bits per heavy atom. The molecule has 0 bridgehead atoms. The summed E-state index contributed by atoms with van der Waals surface area (Å²) in [7, 11) is 0. The minimum absolute atomic E-state index is 0.0449. The van der Waals surface area contributed by atoms with E-state index in [4.69, 9.17) is 12.2 Å². The molecule has 1 aliphatic rings. The van der Waals surface area contributed by atoms with E-state index in [2.05, 4.69) is 60.9 Å². The summed E-state index contributed by atoms with van der Waals surface area (Å²) < 4.78 is 2.25. The number of pyridine rings is 3. The first kappa shape index (κ1) is 19.4. The Bertz CT molecular complexity index is 1180. The molecule has 1 fully saturated rings. The summed E-state index contributed by atoms with van der Waals surface area (Å²) in [6.07, 6.45) is 9.18. The van der Waals surface area contributed by atoms with Gasteiger partial charge in [0.15, 0.2) is 5.11 Å². The van der Waals surface area contributed by atoms with Crippen LogP contribution in [-0.4, -0.2) is 29.5 Å². The van der Waals surface area contributed by atoms with Crippen LogP contribution in [-0.2, 0) is 6.54 Å². The summed E-state index contributed by atoms with van der Waals surface area (Å²) >= 11 is 5.81. The molecular formula is C24H22N6S. The van der Waals surface area contributed by atoms with Crippen molar-refractivity contribution in [3.63, 3.8) is 0 Å². The quantitative estimate of drug-likeness (QED) is 0.484. The predicted octanol–water partition coefficient (Wildman–Crippen LogP) is 4.14. The molecule has 1 N–H and O–H groups in total. The second-order valence-corrected chi connectivity index (χ2v) is 7.95. The molecule has 0 saturated carbocycles. The highest BCUT2D eigenvalue weighted by molar-refractivity contribution is 7.80. The van der Waals surface area contributed by atoms with E-state index in [0.717, 1.165) is 28.3 Å². The summed E-state index contributed by atoms with van der Waals surface area (Å²) in [5.41, 5.74) is 5.37. The van der Waals surface area contributed by atoms with E-state index in [1.165, 1.54) is 0 Å². The molecular weight excluding hydrogens is 404 g/mol. The van der Waals surface area contributed by atoms with Crippen molar-refractivity contribution in [1.82, 2.24) is 29.7 Å². The molecule has 0 amide bonds. The molecule has 0 aromatic carbocycles. The summed E-state index contributed by atoms with van der Waals surface area (Å²) in [4.78, 5) is 15.5. The van der Waals surface area contributed by atoms with Gasteiger partial charge < -0.3 is 14.8 Å². The zero-order valence-corrected chi connectivity index (χ0v) is 17.9. The molecule has 6 nitrogen and oxygen atoms in total. The molecule has 1 aliphatic heterocycles. The second kappa shape index (κ2) is 8.28. The maximum absolute atomic E-state index is 5.81. The SMILES string of the molecule is Cc1ccc(C2C(c3ccccn3)NC(=S)N2Cc2cccnc2)n1-c1cccnc1. The summed E-state index contributed by atoms with van der Waals surface area (Å²) in [6, 6.07) is 18.3. The first-order valence-corrected chi connectivity index (χ1v) is 10.6. The zero-order valence-electron chi connectivity index (χ0n) is 17.1. The van der Waals surface area contributed by atoms with E-state index in [9.17, 15) is 0 Å². The lowest BCUT2D eigenvalue weighted by Crippen LogP contribution is -2.30. The normalized spacial score (nSPS) is 18.2. The van der Waals surface area contributed by atoms with Crippen molar-refractivity contribution in [1.29, 1.82) is 0 Å². The van der Waals surface area contributed by atoms with Gasteiger partial charge in [0.05, 0.1) is 29.7 Å². The Balaban J connectivity index is 1.63. The molecule has 31 heavy (non-hydrogen) atoms. The van der Waals surface area contributed by atoms with Gasteiger partial charge in [0.25, 0.3) is 0 Å². The van der Waals surface area contributed by atoms with Crippen LogP contribution in [0.4, 0.5) is 0 Å². The number of thiocarbonyl (C=S) groups is 1. The van der Waals surface area contributed by atoms with Gasteiger partial charge >= 0.3 is 0 Å². The Morgan fingerprint density at radius 1 is 0.935 bits per heavy atom. The van der Waals surface area contributed by atoms with Gasteiger partial charge in [-0.05, 0) is 67.2 Å². The fourth-order valence-electron chi connectivity index (χ4n) is 4.21. The lowest BCUT2D eigenvalue weighted by atomic mass is 10.0. The van der Waals surface area contributed by atoms with E-state index in [0.29, 0.717) is 11.7 Å². The van der Waals surface area contributed by atoms with Gasteiger partial charge in [0.2, 0.25) is 0 Å². The number of rotatable bonds is 5. The van der Waals surface area contributed by atoms with Crippen LogP contribution >= 0.6 is 12.2 Å². The first-order chi connectivity index (χ1) is 15.2. The van der Waals surface area contributed by atoms with Gasteiger partial charge in [-0.1, -0.05) is 12.1 Å². The monoisotopic (exact) mass is 426 g/mol. The molecule has 2 atom stereocenters. The average molecular weight is 427 g/mol. The molecule has 4 aromatic heterocycles. The molecule has 1 saturated heterocycles. The highest BCUT2D eigenvalue weighted by atomic mass is 32.1. The van der Waals surface area contributed by atoms with E-state index < -0.39 is 0 Å². The van der Waals surface area contributed by atoms with E-state index in [1.54, 1.807) is 12.4 Å². The summed E-state index contributed by atoms with van der Waals surface area (Å²) in [6.45, 7) is 2.77. The molecule has 7 heteroatoms. The van der Waals surface area contributed by atoms with Crippen LogP contribution in [0, 0.1) is 6.92 Å². The maximum atomic E-state index is 5.81. The third kappa shape index (κ3) is 3.68. The Hall–Kier alpha value is -3.58. The number of nitrogens with zero attached hydrogens (tertiary/aromatic N) is 5. The average Bonchev–Trinajstić information content (AvgIpc) is 3.35. The van der Waals surface area contributed by atoms with Gasteiger partial charge in [-0.15, -0.1) is 0 Å². The summed E-state index contributed by atoms with van der Waals surface area (Å²) in [5.74, 6) is 0. The zero-order chi connectivity index (χ0) is 21.2. The lowest BCUT2D eigenvalue weighted by molar-refractivity contribution is 0.301. The van der Waals surface area contributed by atoms with Crippen molar-refractivity contribution < 1.29 is 0 Å².